The average molecular weight is 366 g/mol. The van der Waals surface area contributed by atoms with E-state index in [0.29, 0.717) is 16.8 Å². The Labute approximate surface area is 158 Å². The van der Waals surface area contributed by atoms with E-state index in [1.54, 1.807) is 18.3 Å². The summed E-state index contributed by atoms with van der Waals surface area (Å²) < 4.78 is 14.1. The topological polar surface area (TPSA) is 47.6 Å². The Bertz CT molecular complexity index is 870. The molecule has 2 N–H and O–H groups in total. The molecule has 4 rings (SSSR count). The predicted molar refractivity (Wildman–Crippen MR) is 107 cm³/mol. The minimum atomic E-state index is -0.402. The summed E-state index contributed by atoms with van der Waals surface area (Å²) in [5.41, 5.74) is 3.19. The second kappa shape index (κ2) is 7.40. The lowest BCUT2D eigenvalue weighted by molar-refractivity contribution is -0.110. The van der Waals surface area contributed by atoms with E-state index in [9.17, 15) is 9.18 Å². The van der Waals surface area contributed by atoms with Crippen LogP contribution in [0.4, 0.5) is 21.5 Å². The van der Waals surface area contributed by atoms with Crippen molar-refractivity contribution in [1.82, 2.24) is 4.90 Å². The molecule has 0 unspecified atom stereocenters. The maximum absolute atomic E-state index is 14.1. The average Bonchev–Trinajstić information content (AvgIpc) is 3.03. The molecule has 1 fully saturated rings. The number of hydrogen-bond acceptors (Lipinski definition) is 4. The molecule has 0 aromatic heterocycles. The minimum Gasteiger partial charge on any atom is -0.369 e. The van der Waals surface area contributed by atoms with Crippen molar-refractivity contribution in [3.63, 3.8) is 0 Å². The van der Waals surface area contributed by atoms with Crippen LogP contribution in [0, 0.1) is 5.82 Å². The molecule has 2 aliphatic rings. The van der Waals surface area contributed by atoms with Gasteiger partial charge in [-0.1, -0.05) is 13.0 Å². The molecular formula is C21H23FN4O. The summed E-state index contributed by atoms with van der Waals surface area (Å²) >= 11 is 0. The third kappa shape index (κ3) is 3.53. The van der Waals surface area contributed by atoms with E-state index in [4.69, 9.17) is 0 Å². The van der Waals surface area contributed by atoms with E-state index in [0.717, 1.165) is 38.4 Å². The lowest BCUT2D eigenvalue weighted by Gasteiger charge is -2.35. The molecule has 27 heavy (non-hydrogen) atoms. The van der Waals surface area contributed by atoms with Crippen molar-refractivity contribution >= 4 is 28.5 Å². The van der Waals surface area contributed by atoms with E-state index < -0.39 is 5.82 Å². The first-order valence-corrected chi connectivity index (χ1v) is 9.30. The van der Waals surface area contributed by atoms with Crippen LogP contribution in [0.5, 0.6) is 0 Å². The number of piperazine rings is 1. The Hall–Kier alpha value is -2.86. The highest BCUT2D eigenvalue weighted by Crippen LogP contribution is 2.33. The number of carbonyl (C=O) groups excluding carboxylic acids is 1. The molecule has 0 saturated carbocycles. The number of rotatable bonds is 4. The summed E-state index contributed by atoms with van der Waals surface area (Å²) in [5.74, 6) is -0.700. The van der Waals surface area contributed by atoms with Gasteiger partial charge in [-0.25, -0.2) is 4.39 Å². The highest BCUT2D eigenvalue weighted by Gasteiger charge is 2.27. The number of carbonyl (C=O) groups is 1. The lowest BCUT2D eigenvalue weighted by atomic mass is 10.1. The normalized spacial score (nSPS) is 18.5. The summed E-state index contributed by atoms with van der Waals surface area (Å²) in [7, 11) is 0. The minimum absolute atomic E-state index is 0.298. The standard InChI is InChI=1S/C21H23FN4O/c1-2-25-10-12-26(13-11-25)16-8-6-15(7-9-16)23-14-17-20-18(22)4-3-5-19(20)24-21(17)27/h3-9,14,23H,2,10-13H2,1H3,(H,24,27)/b17-14+. The number of amides is 1. The van der Waals surface area contributed by atoms with Gasteiger partial charge in [-0.2, -0.15) is 0 Å². The molecule has 0 bridgehead atoms. The van der Waals surface area contributed by atoms with E-state index >= 15 is 0 Å². The SMILES string of the molecule is CCN1CCN(c2ccc(N/C=C3/C(=O)Nc4cccc(F)c43)cc2)CC1. The van der Waals surface area contributed by atoms with Gasteiger partial charge in [-0.15, -0.1) is 0 Å². The van der Waals surface area contributed by atoms with E-state index in [1.165, 1.54) is 11.8 Å². The van der Waals surface area contributed by atoms with E-state index in [-0.39, 0.29) is 5.91 Å². The van der Waals surface area contributed by atoms with Crippen LogP contribution < -0.4 is 15.5 Å². The van der Waals surface area contributed by atoms with E-state index in [1.807, 2.05) is 12.1 Å². The van der Waals surface area contributed by atoms with Crippen LogP contribution in [0.15, 0.2) is 48.7 Å². The molecule has 0 radical (unpaired) electrons. The van der Waals surface area contributed by atoms with Crippen LogP contribution in [0.25, 0.3) is 5.57 Å². The largest absolute Gasteiger partial charge is 0.369 e. The zero-order valence-corrected chi connectivity index (χ0v) is 15.3. The summed E-state index contributed by atoms with van der Waals surface area (Å²) in [4.78, 5) is 16.9. The number of nitrogens with zero attached hydrogens (tertiary/aromatic N) is 2. The van der Waals surface area contributed by atoms with Crippen LogP contribution in [0.3, 0.4) is 0 Å². The van der Waals surface area contributed by atoms with Crippen LogP contribution in [-0.2, 0) is 4.79 Å². The molecule has 140 valence electrons. The lowest BCUT2D eigenvalue weighted by Crippen LogP contribution is -2.46. The molecule has 2 aliphatic heterocycles. The van der Waals surface area contributed by atoms with Crippen LogP contribution in [0.2, 0.25) is 0 Å². The van der Waals surface area contributed by atoms with Gasteiger partial charge in [0.25, 0.3) is 5.91 Å². The maximum atomic E-state index is 14.1. The van der Waals surface area contributed by atoms with Crippen molar-refractivity contribution in [2.75, 3.05) is 48.3 Å². The second-order valence-electron chi connectivity index (χ2n) is 6.79. The third-order valence-corrected chi connectivity index (χ3v) is 5.21. The Balaban J connectivity index is 1.46. The first-order valence-electron chi connectivity index (χ1n) is 9.30. The molecule has 0 spiro atoms. The number of halogens is 1. The monoisotopic (exact) mass is 366 g/mol. The highest BCUT2D eigenvalue weighted by molar-refractivity contribution is 6.31. The Morgan fingerprint density at radius 1 is 1.11 bits per heavy atom. The summed E-state index contributed by atoms with van der Waals surface area (Å²) in [5, 5.41) is 5.80. The number of likely N-dealkylation sites (N-methyl/N-ethyl adjacent to an activating group) is 1. The molecule has 1 saturated heterocycles. The molecule has 5 nitrogen and oxygen atoms in total. The molecule has 0 aliphatic carbocycles. The predicted octanol–water partition coefficient (Wildman–Crippen LogP) is 3.37. The second-order valence-corrected chi connectivity index (χ2v) is 6.79. The summed E-state index contributed by atoms with van der Waals surface area (Å²) in [6.45, 7) is 7.52. The fraction of sp³-hybridized carbons (Fsp3) is 0.286. The van der Waals surface area contributed by atoms with Gasteiger partial charge in [-0.05, 0) is 42.9 Å². The maximum Gasteiger partial charge on any atom is 0.257 e. The molecule has 2 heterocycles. The van der Waals surface area contributed by atoms with Crippen molar-refractivity contribution in [3.8, 4) is 0 Å². The zero-order chi connectivity index (χ0) is 18.8. The van der Waals surface area contributed by atoms with Crippen LogP contribution in [0.1, 0.15) is 12.5 Å². The van der Waals surface area contributed by atoms with Gasteiger partial charge >= 0.3 is 0 Å². The quantitative estimate of drug-likeness (QED) is 0.815. The van der Waals surface area contributed by atoms with Gasteiger partial charge in [0, 0.05) is 49.3 Å². The number of hydrogen-bond donors (Lipinski definition) is 2. The van der Waals surface area contributed by atoms with Gasteiger partial charge in [0.05, 0.1) is 11.3 Å². The molecule has 6 heteroatoms. The van der Waals surface area contributed by atoms with Gasteiger partial charge in [0.1, 0.15) is 5.82 Å². The third-order valence-electron chi connectivity index (χ3n) is 5.21. The molecule has 2 aromatic carbocycles. The summed E-state index contributed by atoms with van der Waals surface area (Å²) in [6, 6.07) is 12.8. The van der Waals surface area contributed by atoms with Gasteiger partial charge in [0.2, 0.25) is 0 Å². The number of fused-ring (bicyclic) bond motifs is 1. The Kier molecular flexibility index (Phi) is 4.81. The van der Waals surface area contributed by atoms with Crippen molar-refractivity contribution < 1.29 is 9.18 Å². The molecule has 2 aromatic rings. The van der Waals surface area contributed by atoms with Crippen molar-refractivity contribution in [3.05, 3.63) is 60.0 Å². The van der Waals surface area contributed by atoms with Crippen LogP contribution >= 0.6 is 0 Å². The molecule has 1 amide bonds. The zero-order valence-electron chi connectivity index (χ0n) is 15.3. The van der Waals surface area contributed by atoms with Gasteiger partial charge in [-0.3, -0.25) is 4.79 Å². The Morgan fingerprint density at radius 2 is 1.85 bits per heavy atom. The molecule has 0 atom stereocenters. The van der Waals surface area contributed by atoms with Crippen molar-refractivity contribution in [2.45, 2.75) is 6.92 Å². The van der Waals surface area contributed by atoms with Gasteiger partial charge in [0.15, 0.2) is 0 Å². The fourth-order valence-corrected chi connectivity index (χ4v) is 3.59. The van der Waals surface area contributed by atoms with Crippen LogP contribution in [-0.4, -0.2) is 43.5 Å². The number of benzene rings is 2. The first-order chi connectivity index (χ1) is 13.2. The molecular weight excluding hydrogens is 343 g/mol. The van der Waals surface area contributed by atoms with Crippen molar-refractivity contribution in [2.24, 2.45) is 0 Å². The van der Waals surface area contributed by atoms with Crippen molar-refractivity contribution in [1.29, 1.82) is 0 Å². The van der Waals surface area contributed by atoms with Gasteiger partial charge < -0.3 is 20.4 Å². The Morgan fingerprint density at radius 3 is 2.56 bits per heavy atom. The fourth-order valence-electron chi connectivity index (χ4n) is 3.59. The smallest absolute Gasteiger partial charge is 0.257 e. The summed E-state index contributed by atoms with van der Waals surface area (Å²) in [6.07, 6.45) is 1.57. The van der Waals surface area contributed by atoms with E-state index in [2.05, 4.69) is 39.5 Å². The highest BCUT2D eigenvalue weighted by atomic mass is 19.1. The first kappa shape index (κ1) is 17.5. The number of nitrogens with one attached hydrogen (secondary N) is 2. The number of anilines is 3.